The summed E-state index contributed by atoms with van der Waals surface area (Å²) < 4.78 is 6.09. The van der Waals surface area contributed by atoms with Gasteiger partial charge >= 0.3 is 0 Å². The van der Waals surface area contributed by atoms with E-state index in [4.69, 9.17) is 4.74 Å². The van der Waals surface area contributed by atoms with Crippen LogP contribution < -0.4 is 0 Å². The molecule has 138 valence electrons. The minimum Gasteiger partial charge on any atom is -0.376 e. The molecule has 1 heteroatoms. The fraction of sp³-hybridized carbons (Fsp3) is 0.520. The van der Waals surface area contributed by atoms with Gasteiger partial charge in [0.2, 0.25) is 0 Å². The molecule has 1 unspecified atom stereocenters. The van der Waals surface area contributed by atoms with Gasteiger partial charge in [0.1, 0.15) is 0 Å². The van der Waals surface area contributed by atoms with E-state index < -0.39 is 0 Å². The standard InChI is InChI=1S/C25H32O/c1-24(2)21(23(26-4)19-11-6-5-7-12-19)16-17-25(3)20-13-9-8-10-18(20)14-15-22(24)25/h5-13,21-23H,14-17H2,1-4H3/t21-,22+,23?,25-/m1/s1. The lowest BCUT2D eigenvalue weighted by atomic mass is 9.46. The van der Waals surface area contributed by atoms with Crippen LogP contribution in [0.3, 0.4) is 0 Å². The van der Waals surface area contributed by atoms with Gasteiger partial charge in [0.05, 0.1) is 6.10 Å². The summed E-state index contributed by atoms with van der Waals surface area (Å²) >= 11 is 0. The molecule has 0 saturated heterocycles. The van der Waals surface area contributed by atoms with Gasteiger partial charge in [0, 0.05) is 7.11 Å². The average Bonchev–Trinajstić information content (AvgIpc) is 2.65. The smallest absolute Gasteiger partial charge is 0.0854 e. The first-order chi connectivity index (χ1) is 12.5. The fourth-order valence-electron chi connectivity index (χ4n) is 6.41. The van der Waals surface area contributed by atoms with Crippen molar-refractivity contribution >= 4 is 0 Å². The Kier molecular flexibility index (Phi) is 4.47. The van der Waals surface area contributed by atoms with Gasteiger partial charge in [-0.3, -0.25) is 0 Å². The van der Waals surface area contributed by atoms with E-state index in [1.54, 1.807) is 11.1 Å². The van der Waals surface area contributed by atoms with Crippen molar-refractivity contribution in [3.8, 4) is 0 Å². The molecule has 4 atom stereocenters. The Morgan fingerprint density at radius 2 is 1.62 bits per heavy atom. The normalized spacial score (nSPS) is 30.9. The first-order valence-corrected chi connectivity index (χ1v) is 10.1. The summed E-state index contributed by atoms with van der Waals surface area (Å²) in [6, 6.07) is 20.0. The largest absolute Gasteiger partial charge is 0.376 e. The zero-order valence-corrected chi connectivity index (χ0v) is 16.7. The molecule has 1 saturated carbocycles. The second kappa shape index (κ2) is 6.53. The highest BCUT2D eigenvalue weighted by Crippen LogP contribution is 2.61. The van der Waals surface area contributed by atoms with Crippen molar-refractivity contribution in [3.05, 3.63) is 71.3 Å². The van der Waals surface area contributed by atoms with Crippen molar-refractivity contribution in [3.63, 3.8) is 0 Å². The number of hydrogen-bond donors (Lipinski definition) is 0. The van der Waals surface area contributed by atoms with Crippen LogP contribution in [0.1, 0.15) is 62.8 Å². The van der Waals surface area contributed by atoms with Crippen molar-refractivity contribution in [1.29, 1.82) is 0 Å². The number of benzene rings is 2. The summed E-state index contributed by atoms with van der Waals surface area (Å²) in [6.45, 7) is 7.53. The van der Waals surface area contributed by atoms with Crippen LogP contribution in [0.15, 0.2) is 54.6 Å². The van der Waals surface area contributed by atoms with Crippen LogP contribution in [0.5, 0.6) is 0 Å². The zero-order chi connectivity index (χ0) is 18.4. The predicted molar refractivity (Wildman–Crippen MR) is 108 cm³/mol. The lowest BCUT2D eigenvalue weighted by Gasteiger charge is -2.58. The quantitative estimate of drug-likeness (QED) is 0.629. The Morgan fingerprint density at radius 1 is 0.923 bits per heavy atom. The van der Waals surface area contributed by atoms with Crippen molar-refractivity contribution in [2.75, 3.05) is 7.11 Å². The Morgan fingerprint density at radius 3 is 2.35 bits per heavy atom. The van der Waals surface area contributed by atoms with E-state index in [1.165, 1.54) is 31.2 Å². The molecule has 0 bridgehead atoms. The number of aryl methyl sites for hydroxylation is 1. The van der Waals surface area contributed by atoms with Crippen LogP contribution in [0, 0.1) is 17.3 Å². The molecule has 1 nitrogen and oxygen atoms in total. The van der Waals surface area contributed by atoms with Crippen LogP contribution in [0.25, 0.3) is 0 Å². The maximum atomic E-state index is 6.09. The van der Waals surface area contributed by atoms with Crippen molar-refractivity contribution in [1.82, 2.24) is 0 Å². The molecule has 2 aromatic carbocycles. The second-order valence-corrected chi connectivity index (χ2v) is 9.20. The van der Waals surface area contributed by atoms with Crippen LogP contribution in [0.2, 0.25) is 0 Å². The van der Waals surface area contributed by atoms with Crippen LogP contribution >= 0.6 is 0 Å². The Balaban J connectivity index is 1.71. The number of rotatable bonds is 3. The lowest BCUT2D eigenvalue weighted by Crippen LogP contribution is -2.53. The van der Waals surface area contributed by atoms with Crippen LogP contribution in [-0.2, 0) is 16.6 Å². The molecule has 0 aromatic heterocycles. The van der Waals surface area contributed by atoms with Gasteiger partial charge < -0.3 is 4.74 Å². The van der Waals surface area contributed by atoms with E-state index in [-0.39, 0.29) is 11.5 Å². The molecule has 2 aliphatic rings. The zero-order valence-electron chi connectivity index (χ0n) is 16.7. The highest BCUT2D eigenvalue weighted by Gasteiger charge is 2.55. The molecule has 4 rings (SSSR count). The predicted octanol–water partition coefficient (Wildman–Crippen LogP) is 6.33. The molecule has 1 fully saturated rings. The van der Waals surface area contributed by atoms with E-state index in [0.29, 0.717) is 17.3 Å². The third-order valence-electron chi connectivity index (χ3n) is 7.68. The molecule has 26 heavy (non-hydrogen) atoms. The lowest BCUT2D eigenvalue weighted by molar-refractivity contribution is -0.0862. The highest BCUT2D eigenvalue weighted by atomic mass is 16.5. The summed E-state index contributed by atoms with van der Waals surface area (Å²) in [4.78, 5) is 0. The molecule has 0 heterocycles. The van der Waals surface area contributed by atoms with Gasteiger partial charge in [-0.1, -0.05) is 75.4 Å². The van der Waals surface area contributed by atoms with Gasteiger partial charge in [-0.05, 0) is 65.0 Å². The number of hydrogen-bond acceptors (Lipinski definition) is 1. The highest BCUT2D eigenvalue weighted by molar-refractivity contribution is 5.39. The van der Waals surface area contributed by atoms with E-state index in [1.807, 2.05) is 7.11 Å². The number of fused-ring (bicyclic) bond motifs is 3. The van der Waals surface area contributed by atoms with Gasteiger partial charge in [0.25, 0.3) is 0 Å². The van der Waals surface area contributed by atoms with Crippen LogP contribution in [0.4, 0.5) is 0 Å². The van der Waals surface area contributed by atoms with Gasteiger partial charge in [-0.15, -0.1) is 0 Å². The van der Waals surface area contributed by atoms with E-state index in [9.17, 15) is 0 Å². The van der Waals surface area contributed by atoms with Gasteiger partial charge in [-0.25, -0.2) is 0 Å². The van der Waals surface area contributed by atoms with E-state index in [0.717, 1.165) is 0 Å². The second-order valence-electron chi connectivity index (χ2n) is 9.20. The summed E-state index contributed by atoms with van der Waals surface area (Å²) in [6.07, 6.45) is 5.18. The molecule has 2 aromatic rings. The Labute approximate surface area is 158 Å². The van der Waals surface area contributed by atoms with Crippen molar-refractivity contribution in [2.24, 2.45) is 17.3 Å². The summed E-state index contributed by atoms with van der Waals surface area (Å²) in [5.74, 6) is 1.25. The van der Waals surface area contributed by atoms with Crippen molar-refractivity contribution < 1.29 is 4.74 Å². The molecule has 0 radical (unpaired) electrons. The minimum absolute atomic E-state index is 0.188. The summed E-state index contributed by atoms with van der Waals surface area (Å²) in [7, 11) is 1.89. The molecule has 0 amide bonds. The fourth-order valence-corrected chi connectivity index (χ4v) is 6.41. The molecular formula is C25H32O. The Hall–Kier alpha value is -1.60. The number of ether oxygens (including phenoxy) is 1. The maximum Gasteiger partial charge on any atom is 0.0854 e. The topological polar surface area (TPSA) is 9.23 Å². The molecule has 0 N–H and O–H groups in total. The molecule has 0 aliphatic heterocycles. The first-order valence-electron chi connectivity index (χ1n) is 10.1. The number of methoxy groups -OCH3 is 1. The average molecular weight is 349 g/mol. The van der Waals surface area contributed by atoms with Crippen LogP contribution in [-0.4, -0.2) is 7.11 Å². The van der Waals surface area contributed by atoms with E-state index >= 15 is 0 Å². The summed E-state index contributed by atoms with van der Waals surface area (Å²) in [5, 5.41) is 0. The third-order valence-corrected chi connectivity index (χ3v) is 7.68. The first kappa shape index (κ1) is 17.8. The molecule has 2 aliphatic carbocycles. The minimum atomic E-state index is 0.188. The van der Waals surface area contributed by atoms with Gasteiger partial charge in [-0.2, -0.15) is 0 Å². The summed E-state index contributed by atoms with van der Waals surface area (Å²) in [5.41, 5.74) is 5.05. The molecular weight excluding hydrogens is 316 g/mol. The Bertz CT molecular complexity index is 763. The SMILES string of the molecule is COC(c1ccccc1)[C@H]1CC[C@]2(C)c3ccccc3CC[C@H]2C1(C)C. The molecule has 0 spiro atoms. The monoisotopic (exact) mass is 348 g/mol. The third kappa shape index (κ3) is 2.63. The van der Waals surface area contributed by atoms with Gasteiger partial charge in [0.15, 0.2) is 0 Å². The maximum absolute atomic E-state index is 6.09. The van der Waals surface area contributed by atoms with Crippen molar-refractivity contribution in [2.45, 2.75) is 58.0 Å². The van der Waals surface area contributed by atoms with E-state index in [2.05, 4.69) is 75.4 Å².